The summed E-state index contributed by atoms with van der Waals surface area (Å²) in [6.07, 6.45) is 6.08. The van der Waals surface area contributed by atoms with Crippen LogP contribution >= 0.6 is 0 Å². The fourth-order valence-corrected chi connectivity index (χ4v) is 3.33. The lowest BCUT2D eigenvalue weighted by atomic mass is 9.77. The van der Waals surface area contributed by atoms with Crippen LogP contribution in [0, 0.1) is 11.8 Å². The Labute approximate surface area is 116 Å². The Hall–Kier alpha value is -0.770. The van der Waals surface area contributed by atoms with Gasteiger partial charge in [0.2, 0.25) is 0 Å². The van der Waals surface area contributed by atoms with Crippen molar-refractivity contribution in [1.82, 2.24) is 10.6 Å². The number of alkyl carbamates (subject to hydrolysis) is 1. The maximum absolute atomic E-state index is 12.0. The quantitative estimate of drug-likeness (QED) is 0.768. The molecular formula is C15H28N2O2. The fourth-order valence-electron chi connectivity index (χ4n) is 3.33. The summed E-state index contributed by atoms with van der Waals surface area (Å²) in [5.74, 6) is 1.12. The summed E-state index contributed by atoms with van der Waals surface area (Å²) in [4.78, 5) is 12.0. The molecule has 110 valence electrons. The van der Waals surface area contributed by atoms with Crippen molar-refractivity contribution in [2.45, 2.75) is 64.5 Å². The van der Waals surface area contributed by atoms with Gasteiger partial charge >= 0.3 is 6.09 Å². The standard InChI is InChI=1S/C15H28N2O2/c1-15(2,3)19-14(18)17-13-11-7-5-4-6-8-12(13)10-16-9-11/h11-13,16H,4-10H2,1-3H3,(H,17,18)/t11-,12-/m0/s1. The maximum Gasteiger partial charge on any atom is 0.407 e. The Morgan fingerprint density at radius 2 is 1.68 bits per heavy atom. The van der Waals surface area contributed by atoms with Crippen molar-refractivity contribution in [3.05, 3.63) is 0 Å². The highest BCUT2D eigenvalue weighted by Gasteiger charge is 2.35. The first-order valence-electron chi connectivity index (χ1n) is 7.66. The molecule has 1 saturated heterocycles. The predicted octanol–water partition coefficient (Wildman–Crippen LogP) is 2.68. The van der Waals surface area contributed by atoms with Gasteiger partial charge in [-0.1, -0.05) is 19.3 Å². The zero-order valence-electron chi connectivity index (χ0n) is 12.5. The van der Waals surface area contributed by atoms with Crippen molar-refractivity contribution in [2.75, 3.05) is 13.1 Å². The minimum Gasteiger partial charge on any atom is -0.444 e. The summed E-state index contributed by atoms with van der Waals surface area (Å²) in [5, 5.41) is 6.66. The average molecular weight is 268 g/mol. The molecule has 0 unspecified atom stereocenters. The number of carbonyl (C=O) groups excluding carboxylic acids is 1. The summed E-state index contributed by atoms with van der Waals surface area (Å²) in [7, 11) is 0. The molecule has 0 aromatic heterocycles. The van der Waals surface area contributed by atoms with Crippen molar-refractivity contribution in [2.24, 2.45) is 11.8 Å². The Morgan fingerprint density at radius 3 is 2.21 bits per heavy atom. The van der Waals surface area contributed by atoms with Gasteiger partial charge in [0.25, 0.3) is 0 Å². The molecule has 1 aliphatic carbocycles. The second-order valence-corrected chi connectivity index (χ2v) is 6.99. The molecule has 2 N–H and O–H groups in total. The van der Waals surface area contributed by atoms with E-state index in [2.05, 4.69) is 10.6 Å². The normalized spacial score (nSPS) is 32.1. The molecule has 1 heterocycles. The predicted molar refractivity (Wildman–Crippen MR) is 76.1 cm³/mol. The number of amides is 1. The average Bonchev–Trinajstić information content (AvgIpc) is 2.29. The van der Waals surface area contributed by atoms with Crippen LogP contribution in [0.15, 0.2) is 0 Å². The highest BCUT2D eigenvalue weighted by Crippen LogP contribution is 2.29. The number of ether oxygens (including phenoxy) is 1. The van der Waals surface area contributed by atoms with Crippen molar-refractivity contribution in [1.29, 1.82) is 0 Å². The van der Waals surface area contributed by atoms with Gasteiger partial charge in [0.1, 0.15) is 5.60 Å². The summed E-state index contributed by atoms with van der Waals surface area (Å²) < 4.78 is 5.41. The third-order valence-corrected chi connectivity index (χ3v) is 4.16. The van der Waals surface area contributed by atoms with Crippen molar-refractivity contribution in [3.8, 4) is 0 Å². The first kappa shape index (κ1) is 14.6. The van der Waals surface area contributed by atoms with Crippen LogP contribution in [-0.2, 0) is 4.74 Å². The molecule has 1 amide bonds. The molecule has 19 heavy (non-hydrogen) atoms. The summed E-state index contributed by atoms with van der Waals surface area (Å²) >= 11 is 0. The van der Waals surface area contributed by atoms with Crippen LogP contribution in [0.25, 0.3) is 0 Å². The van der Waals surface area contributed by atoms with E-state index in [-0.39, 0.29) is 12.1 Å². The molecule has 1 saturated carbocycles. The van der Waals surface area contributed by atoms with Gasteiger partial charge in [-0.15, -0.1) is 0 Å². The van der Waals surface area contributed by atoms with Gasteiger partial charge in [-0.3, -0.25) is 0 Å². The van der Waals surface area contributed by atoms with E-state index in [0.29, 0.717) is 11.8 Å². The van der Waals surface area contributed by atoms with E-state index >= 15 is 0 Å². The SMILES string of the molecule is CC(C)(C)OC(=O)NC1[C@H]2CCCCC[C@H]1CNC2. The smallest absolute Gasteiger partial charge is 0.407 e. The second-order valence-electron chi connectivity index (χ2n) is 6.99. The number of hydrogen-bond donors (Lipinski definition) is 2. The monoisotopic (exact) mass is 268 g/mol. The molecule has 0 aromatic rings. The lowest BCUT2D eigenvalue weighted by Crippen LogP contribution is -2.56. The molecule has 2 rings (SSSR count). The molecule has 2 aliphatic rings. The molecule has 0 aromatic carbocycles. The van der Waals surface area contributed by atoms with Gasteiger partial charge in [-0.2, -0.15) is 0 Å². The molecule has 0 radical (unpaired) electrons. The number of fused-ring (bicyclic) bond motifs is 2. The minimum absolute atomic E-state index is 0.255. The van der Waals surface area contributed by atoms with Crippen LogP contribution < -0.4 is 10.6 Å². The third kappa shape index (κ3) is 4.37. The largest absolute Gasteiger partial charge is 0.444 e. The molecule has 2 atom stereocenters. The Kier molecular flexibility index (Phi) is 4.71. The second kappa shape index (κ2) is 6.12. The molecule has 2 fully saturated rings. The molecule has 4 heteroatoms. The van der Waals surface area contributed by atoms with Crippen LogP contribution in [0.1, 0.15) is 52.9 Å². The Balaban J connectivity index is 1.97. The van der Waals surface area contributed by atoms with E-state index < -0.39 is 5.60 Å². The lowest BCUT2D eigenvalue weighted by molar-refractivity contribution is 0.0422. The minimum atomic E-state index is -0.418. The van der Waals surface area contributed by atoms with E-state index in [9.17, 15) is 4.79 Å². The van der Waals surface area contributed by atoms with Crippen LogP contribution in [0.3, 0.4) is 0 Å². The van der Waals surface area contributed by atoms with E-state index in [4.69, 9.17) is 4.74 Å². The third-order valence-electron chi connectivity index (χ3n) is 4.16. The van der Waals surface area contributed by atoms with Gasteiger partial charge in [0, 0.05) is 6.04 Å². The van der Waals surface area contributed by atoms with Gasteiger partial charge in [-0.05, 0) is 58.5 Å². The van der Waals surface area contributed by atoms with Crippen LogP contribution in [0.5, 0.6) is 0 Å². The van der Waals surface area contributed by atoms with Crippen molar-refractivity contribution in [3.63, 3.8) is 0 Å². The zero-order chi connectivity index (χ0) is 13.9. The van der Waals surface area contributed by atoms with Crippen LogP contribution in [0.4, 0.5) is 4.79 Å². The van der Waals surface area contributed by atoms with E-state index in [1.807, 2.05) is 20.8 Å². The van der Waals surface area contributed by atoms with E-state index in [1.54, 1.807) is 0 Å². The van der Waals surface area contributed by atoms with Crippen LogP contribution in [-0.4, -0.2) is 30.8 Å². The number of hydrogen-bond acceptors (Lipinski definition) is 3. The first-order valence-corrected chi connectivity index (χ1v) is 7.66. The van der Waals surface area contributed by atoms with Crippen LogP contribution in [0.2, 0.25) is 0 Å². The van der Waals surface area contributed by atoms with E-state index in [1.165, 1.54) is 32.1 Å². The lowest BCUT2D eigenvalue weighted by Gasteiger charge is -2.41. The maximum atomic E-state index is 12.0. The van der Waals surface area contributed by atoms with E-state index in [0.717, 1.165) is 13.1 Å². The molecule has 1 aliphatic heterocycles. The fraction of sp³-hybridized carbons (Fsp3) is 0.933. The molecule has 4 nitrogen and oxygen atoms in total. The topological polar surface area (TPSA) is 50.4 Å². The summed E-state index contributed by atoms with van der Waals surface area (Å²) in [6, 6.07) is 0.288. The molecular weight excluding hydrogens is 240 g/mol. The highest BCUT2D eigenvalue weighted by molar-refractivity contribution is 5.68. The molecule has 2 bridgehead atoms. The number of piperidine rings is 1. The van der Waals surface area contributed by atoms with Gasteiger partial charge in [-0.25, -0.2) is 4.79 Å². The summed E-state index contributed by atoms with van der Waals surface area (Å²) in [5.41, 5.74) is -0.418. The van der Waals surface area contributed by atoms with Crippen molar-refractivity contribution < 1.29 is 9.53 Å². The molecule has 0 spiro atoms. The number of rotatable bonds is 1. The van der Waals surface area contributed by atoms with Gasteiger partial charge in [0.15, 0.2) is 0 Å². The zero-order valence-corrected chi connectivity index (χ0v) is 12.5. The van der Waals surface area contributed by atoms with Gasteiger partial charge in [0.05, 0.1) is 0 Å². The Bertz CT molecular complexity index is 298. The highest BCUT2D eigenvalue weighted by atomic mass is 16.6. The first-order chi connectivity index (χ1) is 8.96. The summed E-state index contributed by atoms with van der Waals surface area (Å²) in [6.45, 7) is 7.78. The van der Waals surface area contributed by atoms with Gasteiger partial charge < -0.3 is 15.4 Å². The van der Waals surface area contributed by atoms with Crippen molar-refractivity contribution >= 4 is 6.09 Å². The number of nitrogens with one attached hydrogen (secondary N) is 2. The number of carbonyl (C=O) groups is 1. The Morgan fingerprint density at radius 1 is 1.11 bits per heavy atom.